The summed E-state index contributed by atoms with van der Waals surface area (Å²) in [6.45, 7) is 10.2. The molecule has 0 aromatic heterocycles. The van der Waals surface area contributed by atoms with Gasteiger partial charge in [-0.2, -0.15) is 0 Å². The molecule has 0 radical (unpaired) electrons. The Hall–Kier alpha value is -0.110. The van der Waals surface area contributed by atoms with E-state index >= 15 is 0 Å². The highest BCUT2D eigenvalue weighted by molar-refractivity contribution is 7.52. The van der Waals surface area contributed by atoms with Crippen molar-refractivity contribution in [3.05, 3.63) is 13.2 Å². The Morgan fingerprint density at radius 3 is 2.21 bits per heavy atom. The predicted octanol–water partition coefficient (Wildman–Crippen LogP) is 3.59. The molecular weight excluding hydrogens is 199 g/mol. The quantitative estimate of drug-likeness (QED) is 0.407. The van der Waals surface area contributed by atoms with Crippen molar-refractivity contribution in [1.29, 1.82) is 0 Å². The zero-order chi connectivity index (χ0) is 11.4. The van der Waals surface area contributed by atoms with Gasteiger partial charge in [-0.1, -0.05) is 26.2 Å². The molecule has 1 atom stereocenters. The Morgan fingerprint density at radius 1 is 1.21 bits per heavy atom. The van der Waals surface area contributed by atoms with Crippen LogP contribution < -0.4 is 0 Å². The van der Waals surface area contributed by atoms with Gasteiger partial charge in [-0.3, -0.25) is 4.57 Å². The second-order valence-electron chi connectivity index (χ2n) is 2.84. The van der Waals surface area contributed by atoms with E-state index in [-0.39, 0.29) is 0 Å². The van der Waals surface area contributed by atoms with E-state index in [9.17, 15) is 4.57 Å². The van der Waals surface area contributed by atoms with Gasteiger partial charge in [-0.15, -0.1) is 13.2 Å². The molecule has 0 amide bonds. The van der Waals surface area contributed by atoms with Crippen LogP contribution in [0.3, 0.4) is 0 Å². The number of unbranched alkanes of at least 4 members (excludes halogenated alkanes) is 3. The fraction of sp³-hybridized carbons (Fsp3) is 0.800. The van der Waals surface area contributed by atoms with Crippen LogP contribution in [-0.4, -0.2) is 17.7 Å². The average Bonchev–Trinajstić information content (AvgIpc) is 2.16. The molecule has 3 nitrogen and oxygen atoms in total. The van der Waals surface area contributed by atoms with E-state index in [1.807, 2.05) is 0 Å². The highest BCUT2D eigenvalue weighted by Gasteiger charge is 2.16. The van der Waals surface area contributed by atoms with Crippen molar-refractivity contribution in [2.24, 2.45) is 0 Å². The van der Waals surface area contributed by atoms with Gasteiger partial charge in [0.15, 0.2) is 0 Å². The third-order valence-corrected chi connectivity index (χ3v) is 3.17. The van der Waals surface area contributed by atoms with Gasteiger partial charge in [0, 0.05) is 6.16 Å². The molecule has 0 fully saturated rings. The Balaban J connectivity index is 0. The Kier molecular flexibility index (Phi) is 12.8. The van der Waals surface area contributed by atoms with E-state index in [1.54, 1.807) is 6.92 Å². The van der Waals surface area contributed by atoms with Gasteiger partial charge >= 0.3 is 7.60 Å². The molecule has 0 aliphatic rings. The van der Waals surface area contributed by atoms with Crippen molar-refractivity contribution in [1.82, 2.24) is 0 Å². The van der Waals surface area contributed by atoms with E-state index in [0.29, 0.717) is 12.8 Å². The lowest BCUT2D eigenvalue weighted by Crippen LogP contribution is -1.94. The van der Waals surface area contributed by atoms with Crippen LogP contribution >= 0.6 is 7.60 Å². The zero-order valence-corrected chi connectivity index (χ0v) is 10.3. The van der Waals surface area contributed by atoms with Gasteiger partial charge in [-0.05, 0) is 13.3 Å². The van der Waals surface area contributed by atoms with Crippen molar-refractivity contribution in [2.75, 3.05) is 12.8 Å². The monoisotopic (exact) mass is 222 g/mol. The second kappa shape index (κ2) is 11.0. The molecule has 0 saturated carbocycles. The fourth-order valence-corrected chi connectivity index (χ4v) is 2.16. The first-order chi connectivity index (χ1) is 6.62. The minimum absolute atomic E-state index is 0.306. The smallest absolute Gasteiger partial charge is 0.324 e. The van der Waals surface area contributed by atoms with Crippen molar-refractivity contribution in [2.45, 2.75) is 39.5 Å². The number of hydrogen-bond acceptors (Lipinski definition) is 2. The fourth-order valence-electron chi connectivity index (χ4n) is 1.00. The maximum Gasteiger partial charge on any atom is 0.328 e. The van der Waals surface area contributed by atoms with E-state index in [1.165, 1.54) is 0 Å². The van der Waals surface area contributed by atoms with Gasteiger partial charge in [0.1, 0.15) is 0 Å². The summed E-state index contributed by atoms with van der Waals surface area (Å²) in [5.74, 6) is 0. The van der Waals surface area contributed by atoms with E-state index in [2.05, 4.69) is 20.1 Å². The molecule has 0 saturated heterocycles. The third kappa shape index (κ3) is 11.9. The molecule has 14 heavy (non-hydrogen) atoms. The summed E-state index contributed by atoms with van der Waals surface area (Å²) in [6.07, 6.45) is 4.40. The molecule has 0 aliphatic heterocycles. The van der Waals surface area contributed by atoms with Crippen LogP contribution in [0.5, 0.6) is 0 Å². The minimum atomic E-state index is -3.23. The highest BCUT2D eigenvalue weighted by Crippen LogP contribution is 2.42. The normalized spacial score (nSPS) is 13.9. The van der Waals surface area contributed by atoms with E-state index in [0.717, 1.165) is 25.7 Å². The summed E-state index contributed by atoms with van der Waals surface area (Å²) < 4.78 is 15.8. The Morgan fingerprint density at radius 2 is 1.79 bits per heavy atom. The van der Waals surface area contributed by atoms with Gasteiger partial charge in [-0.25, -0.2) is 0 Å². The maximum absolute atomic E-state index is 11.1. The lowest BCUT2D eigenvalue weighted by atomic mass is 10.2. The van der Waals surface area contributed by atoms with Crippen molar-refractivity contribution < 1.29 is 14.0 Å². The summed E-state index contributed by atoms with van der Waals surface area (Å²) in [5.41, 5.74) is 0. The van der Waals surface area contributed by atoms with Crippen LogP contribution in [-0.2, 0) is 9.09 Å². The molecule has 0 heterocycles. The molecule has 0 rings (SSSR count). The van der Waals surface area contributed by atoms with Crippen LogP contribution in [0.4, 0.5) is 0 Å². The van der Waals surface area contributed by atoms with Crippen molar-refractivity contribution in [3.63, 3.8) is 0 Å². The first-order valence-electron chi connectivity index (χ1n) is 5.08. The summed E-state index contributed by atoms with van der Waals surface area (Å²) >= 11 is 0. The third-order valence-electron chi connectivity index (χ3n) is 1.63. The number of hydrogen-bond donors (Lipinski definition) is 1. The van der Waals surface area contributed by atoms with Gasteiger partial charge < -0.3 is 9.42 Å². The predicted molar refractivity (Wildman–Crippen MR) is 61.7 cm³/mol. The van der Waals surface area contributed by atoms with Crippen LogP contribution in [0.15, 0.2) is 13.2 Å². The molecule has 0 aliphatic carbocycles. The molecule has 0 aromatic carbocycles. The molecule has 0 aromatic rings. The van der Waals surface area contributed by atoms with Gasteiger partial charge in [0.2, 0.25) is 0 Å². The first-order valence-corrected chi connectivity index (χ1v) is 6.85. The van der Waals surface area contributed by atoms with Crippen LogP contribution in [0.25, 0.3) is 0 Å². The van der Waals surface area contributed by atoms with Crippen LogP contribution in [0, 0.1) is 0 Å². The summed E-state index contributed by atoms with van der Waals surface area (Å²) in [6, 6.07) is 0. The van der Waals surface area contributed by atoms with Crippen LogP contribution in [0.2, 0.25) is 0 Å². The molecule has 0 bridgehead atoms. The summed E-state index contributed by atoms with van der Waals surface area (Å²) in [7, 11) is -3.23. The molecule has 1 unspecified atom stereocenters. The summed E-state index contributed by atoms with van der Waals surface area (Å²) in [4.78, 5) is 9.15. The zero-order valence-electron chi connectivity index (χ0n) is 9.37. The first kappa shape index (κ1) is 16.3. The van der Waals surface area contributed by atoms with Gasteiger partial charge in [0.25, 0.3) is 0 Å². The molecule has 86 valence electrons. The van der Waals surface area contributed by atoms with Crippen LogP contribution in [0.1, 0.15) is 39.5 Å². The molecule has 1 N–H and O–H groups in total. The standard InChI is InChI=1S/C8H19O3P.C2H4/c1-3-5-6-7-8-12(9,10)11-4-2;1-2/h3-8H2,1-2H3,(H,9,10);1-2H2. The van der Waals surface area contributed by atoms with Crippen molar-refractivity contribution >= 4 is 7.60 Å². The lowest BCUT2D eigenvalue weighted by Gasteiger charge is -2.09. The van der Waals surface area contributed by atoms with E-state index < -0.39 is 7.60 Å². The van der Waals surface area contributed by atoms with E-state index in [4.69, 9.17) is 9.42 Å². The lowest BCUT2D eigenvalue weighted by molar-refractivity contribution is 0.273. The number of rotatable bonds is 7. The Bertz CT molecular complexity index is 159. The molecular formula is C10H23O3P. The SMILES string of the molecule is C=C.CCCCCCP(=O)(O)OCC. The highest BCUT2D eigenvalue weighted by atomic mass is 31.2. The molecule has 4 heteroatoms. The largest absolute Gasteiger partial charge is 0.328 e. The topological polar surface area (TPSA) is 46.5 Å². The average molecular weight is 222 g/mol. The second-order valence-corrected chi connectivity index (χ2v) is 4.82. The van der Waals surface area contributed by atoms with Crippen molar-refractivity contribution in [3.8, 4) is 0 Å². The molecule has 0 spiro atoms. The Labute approximate surface area is 87.7 Å². The maximum atomic E-state index is 11.1. The minimum Gasteiger partial charge on any atom is -0.324 e. The van der Waals surface area contributed by atoms with Gasteiger partial charge in [0.05, 0.1) is 6.61 Å². The summed E-state index contributed by atoms with van der Waals surface area (Å²) in [5, 5.41) is 0.